The van der Waals surface area contributed by atoms with Gasteiger partial charge in [-0.15, -0.1) is 0 Å². The van der Waals surface area contributed by atoms with E-state index in [4.69, 9.17) is 17.3 Å². The van der Waals surface area contributed by atoms with E-state index in [1.54, 1.807) is 12.1 Å². The first-order chi connectivity index (χ1) is 16.2. The minimum absolute atomic E-state index is 0.252. The third-order valence-electron chi connectivity index (χ3n) is 5.48. The third-order valence-corrected chi connectivity index (χ3v) is 5.79. The Morgan fingerprint density at radius 2 is 1.65 bits per heavy atom. The molecule has 0 aromatic heterocycles. The van der Waals surface area contributed by atoms with E-state index in [0.717, 1.165) is 24.3 Å². The Bertz CT molecular complexity index is 1150. The van der Waals surface area contributed by atoms with Crippen LogP contribution in [0.2, 0.25) is 5.02 Å². The Hall–Kier alpha value is -3.22. The zero-order valence-corrected chi connectivity index (χ0v) is 21.1. The Morgan fingerprint density at radius 1 is 0.941 bits per heavy atom. The Kier molecular flexibility index (Phi) is 8.79. The number of carbonyl (C=O) groups is 1. The lowest BCUT2D eigenvalue weighted by atomic mass is 10.1. The van der Waals surface area contributed by atoms with E-state index in [1.807, 2.05) is 26.2 Å². The predicted molar refractivity (Wildman–Crippen MR) is 144 cm³/mol. The number of nitrogens with zero attached hydrogens (tertiary/aromatic N) is 1. The van der Waals surface area contributed by atoms with Gasteiger partial charge in [-0.1, -0.05) is 48.0 Å². The summed E-state index contributed by atoms with van der Waals surface area (Å²) >= 11 is 6.43. The highest BCUT2D eigenvalue weighted by atomic mass is 35.5. The number of aryl methyl sites for hydroxylation is 2. The van der Waals surface area contributed by atoms with Gasteiger partial charge in [0.05, 0.1) is 22.0 Å². The van der Waals surface area contributed by atoms with Crippen molar-refractivity contribution in [1.29, 1.82) is 0 Å². The minimum atomic E-state index is -0.252. The molecule has 0 fully saturated rings. The lowest BCUT2D eigenvalue weighted by molar-refractivity contribution is 0.0951. The van der Waals surface area contributed by atoms with Crippen molar-refractivity contribution in [3.05, 3.63) is 87.4 Å². The molecule has 7 heteroatoms. The number of hydrogen-bond acceptors (Lipinski definition) is 5. The fraction of sp³-hybridized carbons (Fsp3) is 0.296. The molecular weight excluding hydrogens is 446 g/mol. The van der Waals surface area contributed by atoms with E-state index in [9.17, 15) is 4.79 Å². The molecule has 0 atom stereocenters. The second kappa shape index (κ2) is 11.8. The van der Waals surface area contributed by atoms with Crippen molar-refractivity contribution < 1.29 is 4.79 Å². The van der Waals surface area contributed by atoms with E-state index in [1.165, 1.54) is 16.7 Å². The summed E-state index contributed by atoms with van der Waals surface area (Å²) < 4.78 is 0. The van der Waals surface area contributed by atoms with E-state index in [2.05, 4.69) is 65.0 Å². The number of nitrogen functional groups attached to an aromatic ring is 1. The number of carbonyl (C=O) groups excluding carboxylic acids is 1. The van der Waals surface area contributed by atoms with Crippen molar-refractivity contribution in [3.63, 3.8) is 0 Å². The SMILES string of the molecule is Cc1ccc(C)c(NCCNc2cc(Cl)c(C(=O)NCc3cccc(CN(C)C)c3)cc2N)c1. The van der Waals surface area contributed by atoms with E-state index >= 15 is 0 Å². The van der Waals surface area contributed by atoms with Crippen molar-refractivity contribution >= 4 is 34.6 Å². The highest BCUT2D eigenvalue weighted by Crippen LogP contribution is 2.27. The van der Waals surface area contributed by atoms with Gasteiger partial charge in [0.1, 0.15) is 0 Å². The molecule has 0 heterocycles. The van der Waals surface area contributed by atoms with Crippen LogP contribution in [0, 0.1) is 13.8 Å². The van der Waals surface area contributed by atoms with E-state index < -0.39 is 0 Å². The standard InChI is InChI=1S/C27H34ClN5O/c1-18-8-9-19(2)25(12-18)30-10-11-31-26-15-23(28)22(14-24(26)29)27(34)32-16-20-6-5-7-21(13-20)17-33(3)4/h5-9,12-15,30-31H,10-11,16-17,29H2,1-4H3,(H,32,34). The summed E-state index contributed by atoms with van der Waals surface area (Å²) in [4.78, 5) is 14.9. The summed E-state index contributed by atoms with van der Waals surface area (Å²) in [5.74, 6) is -0.252. The van der Waals surface area contributed by atoms with Gasteiger partial charge in [0.25, 0.3) is 5.91 Å². The van der Waals surface area contributed by atoms with Gasteiger partial charge in [-0.25, -0.2) is 0 Å². The zero-order valence-electron chi connectivity index (χ0n) is 20.3. The maximum atomic E-state index is 12.8. The molecule has 34 heavy (non-hydrogen) atoms. The number of amides is 1. The van der Waals surface area contributed by atoms with Gasteiger partial charge in [-0.2, -0.15) is 0 Å². The van der Waals surface area contributed by atoms with Gasteiger partial charge < -0.3 is 26.6 Å². The maximum absolute atomic E-state index is 12.8. The van der Waals surface area contributed by atoms with Gasteiger partial charge >= 0.3 is 0 Å². The zero-order chi connectivity index (χ0) is 24.7. The lowest BCUT2D eigenvalue weighted by Crippen LogP contribution is -2.23. The molecule has 0 aliphatic heterocycles. The van der Waals surface area contributed by atoms with Crippen LogP contribution in [-0.2, 0) is 13.1 Å². The third kappa shape index (κ3) is 7.14. The summed E-state index contributed by atoms with van der Waals surface area (Å²) in [7, 11) is 4.06. The molecule has 5 N–H and O–H groups in total. The second-order valence-electron chi connectivity index (χ2n) is 8.83. The van der Waals surface area contributed by atoms with Crippen molar-refractivity contribution in [2.75, 3.05) is 43.6 Å². The van der Waals surface area contributed by atoms with Crippen molar-refractivity contribution in [2.24, 2.45) is 0 Å². The van der Waals surface area contributed by atoms with E-state index in [0.29, 0.717) is 35.1 Å². The van der Waals surface area contributed by atoms with Crippen LogP contribution in [0.3, 0.4) is 0 Å². The van der Waals surface area contributed by atoms with Gasteiger partial charge in [-0.3, -0.25) is 4.79 Å². The Morgan fingerprint density at radius 3 is 2.38 bits per heavy atom. The van der Waals surface area contributed by atoms with Crippen LogP contribution < -0.4 is 21.7 Å². The van der Waals surface area contributed by atoms with Crippen LogP contribution in [0.5, 0.6) is 0 Å². The van der Waals surface area contributed by atoms with E-state index in [-0.39, 0.29) is 5.91 Å². The molecule has 6 nitrogen and oxygen atoms in total. The predicted octanol–water partition coefficient (Wildman–Crippen LogP) is 5.05. The molecule has 3 aromatic rings. The van der Waals surface area contributed by atoms with Crippen LogP contribution in [-0.4, -0.2) is 38.0 Å². The summed E-state index contributed by atoms with van der Waals surface area (Å²) in [5.41, 5.74) is 13.5. The number of hydrogen-bond donors (Lipinski definition) is 4. The van der Waals surface area contributed by atoms with Gasteiger partial charge in [0.2, 0.25) is 0 Å². The number of rotatable bonds is 10. The fourth-order valence-corrected chi connectivity index (χ4v) is 3.97. The summed E-state index contributed by atoms with van der Waals surface area (Å²) in [6.07, 6.45) is 0. The van der Waals surface area contributed by atoms with Crippen molar-refractivity contribution in [1.82, 2.24) is 10.2 Å². The lowest BCUT2D eigenvalue weighted by Gasteiger charge is -2.15. The van der Waals surface area contributed by atoms with Crippen LogP contribution in [0.15, 0.2) is 54.6 Å². The topological polar surface area (TPSA) is 82.4 Å². The highest BCUT2D eigenvalue weighted by Gasteiger charge is 2.14. The maximum Gasteiger partial charge on any atom is 0.253 e. The van der Waals surface area contributed by atoms with Crippen molar-refractivity contribution in [2.45, 2.75) is 26.9 Å². The number of anilines is 3. The van der Waals surface area contributed by atoms with Crippen LogP contribution >= 0.6 is 11.6 Å². The molecule has 3 rings (SSSR count). The van der Waals surface area contributed by atoms with Gasteiger partial charge in [0, 0.05) is 31.9 Å². The molecular formula is C27H34ClN5O. The van der Waals surface area contributed by atoms with Crippen LogP contribution in [0.4, 0.5) is 17.1 Å². The molecule has 1 amide bonds. The Labute approximate surface area is 207 Å². The number of nitrogens with two attached hydrogens (primary N) is 1. The summed E-state index contributed by atoms with van der Waals surface area (Å²) in [6.45, 7) is 6.79. The molecule has 0 bridgehead atoms. The molecule has 0 aliphatic rings. The van der Waals surface area contributed by atoms with Gasteiger partial charge in [-0.05, 0) is 68.4 Å². The van der Waals surface area contributed by atoms with Crippen LogP contribution in [0.1, 0.15) is 32.6 Å². The quantitative estimate of drug-likeness (QED) is 0.241. The number of halogens is 1. The molecule has 0 unspecified atom stereocenters. The molecule has 180 valence electrons. The Balaban J connectivity index is 1.56. The second-order valence-corrected chi connectivity index (χ2v) is 9.24. The largest absolute Gasteiger partial charge is 0.397 e. The molecule has 0 saturated heterocycles. The van der Waals surface area contributed by atoms with Crippen LogP contribution in [0.25, 0.3) is 0 Å². The normalized spacial score (nSPS) is 10.9. The first-order valence-corrected chi connectivity index (χ1v) is 11.8. The monoisotopic (exact) mass is 479 g/mol. The minimum Gasteiger partial charge on any atom is -0.397 e. The van der Waals surface area contributed by atoms with Gasteiger partial charge in [0.15, 0.2) is 0 Å². The van der Waals surface area contributed by atoms with Crippen molar-refractivity contribution in [3.8, 4) is 0 Å². The molecule has 0 saturated carbocycles. The number of nitrogens with one attached hydrogen (secondary N) is 3. The molecule has 0 spiro atoms. The number of benzene rings is 3. The fourth-order valence-electron chi connectivity index (χ4n) is 3.72. The average molecular weight is 480 g/mol. The summed E-state index contributed by atoms with van der Waals surface area (Å²) in [6, 6.07) is 17.8. The highest BCUT2D eigenvalue weighted by molar-refractivity contribution is 6.34. The molecule has 0 aliphatic carbocycles. The molecule has 0 radical (unpaired) electrons. The molecule has 3 aromatic carbocycles. The first-order valence-electron chi connectivity index (χ1n) is 11.4. The first kappa shape index (κ1) is 25.4. The average Bonchev–Trinajstić information content (AvgIpc) is 2.79. The summed E-state index contributed by atoms with van der Waals surface area (Å²) in [5, 5.41) is 10.0. The smallest absolute Gasteiger partial charge is 0.253 e.